The fraction of sp³-hybridized carbons (Fsp3) is 0.391. The van der Waals surface area contributed by atoms with Gasteiger partial charge >= 0.3 is 0 Å². The molecule has 1 N–H and O–H groups in total. The molecule has 2 aliphatic heterocycles. The quantitative estimate of drug-likeness (QED) is 0.575. The van der Waals surface area contributed by atoms with Crippen molar-refractivity contribution in [3.05, 3.63) is 69.0 Å². The number of carbonyl (C=O) groups excluding carboxylic acids is 2. The van der Waals surface area contributed by atoms with Gasteiger partial charge in [0.05, 0.1) is 11.0 Å². The third kappa shape index (κ3) is 4.42. The van der Waals surface area contributed by atoms with E-state index in [9.17, 15) is 24.1 Å². The summed E-state index contributed by atoms with van der Waals surface area (Å²) in [7, 11) is 0. The maximum Gasteiger partial charge on any atom is 0.282 e. The molecule has 2 amide bonds. The number of rotatable bonds is 4. The van der Waals surface area contributed by atoms with Crippen LogP contribution in [0.25, 0.3) is 0 Å². The Kier molecular flexibility index (Phi) is 6.07. The Morgan fingerprint density at radius 1 is 1.09 bits per heavy atom. The summed E-state index contributed by atoms with van der Waals surface area (Å²) >= 11 is 0. The summed E-state index contributed by atoms with van der Waals surface area (Å²) in [6.45, 7) is 3.47. The Morgan fingerprint density at radius 2 is 1.84 bits per heavy atom. The minimum atomic E-state index is -0.540. The van der Waals surface area contributed by atoms with E-state index in [1.165, 1.54) is 31.2 Å². The lowest BCUT2D eigenvalue weighted by Crippen LogP contribution is -2.28. The van der Waals surface area contributed by atoms with Gasteiger partial charge in [0, 0.05) is 44.9 Å². The Balaban J connectivity index is 1.66. The van der Waals surface area contributed by atoms with Crippen molar-refractivity contribution in [3.63, 3.8) is 0 Å². The fourth-order valence-corrected chi connectivity index (χ4v) is 4.44. The first-order valence-corrected chi connectivity index (χ1v) is 10.7. The van der Waals surface area contributed by atoms with Gasteiger partial charge in [-0.3, -0.25) is 19.7 Å². The van der Waals surface area contributed by atoms with E-state index in [0.717, 1.165) is 18.4 Å². The second kappa shape index (κ2) is 8.94. The molecular formula is C23H25FN4O4. The highest BCUT2D eigenvalue weighted by molar-refractivity contribution is 5.99. The normalized spacial score (nSPS) is 18.1. The summed E-state index contributed by atoms with van der Waals surface area (Å²) in [5.41, 5.74) is 1.97. The maximum absolute atomic E-state index is 13.9. The van der Waals surface area contributed by atoms with Crippen LogP contribution in [0.3, 0.4) is 0 Å². The van der Waals surface area contributed by atoms with Gasteiger partial charge in [0.2, 0.25) is 5.91 Å². The summed E-state index contributed by atoms with van der Waals surface area (Å²) in [6.07, 6.45) is 2.35. The van der Waals surface area contributed by atoms with Gasteiger partial charge in [-0.2, -0.15) is 0 Å². The van der Waals surface area contributed by atoms with Crippen LogP contribution < -0.4 is 5.32 Å². The standard InChI is InChI=1S/C23H25FN4O4/c1-15(29)27-11-8-21(19-6-4-17(24)12-16(19)14-27)25-18-5-7-22(28(31)32)20(13-18)23(30)26-9-2-3-10-26/h4-7,12-13,21,25H,2-3,8-11,14H2,1H3. The molecule has 4 rings (SSSR count). The van der Waals surface area contributed by atoms with E-state index in [1.54, 1.807) is 21.9 Å². The molecule has 32 heavy (non-hydrogen) atoms. The summed E-state index contributed by atoms with van der Waals surface area (Å²) in [5.74, 6) is -0.805. The molecule has 0 spiro atoms. The van der Waals surface area contributed by atoms with Crippen molar-refractivity contribution in [2.45, 2.75) is 38.8 Å². The smallest absolute Gasteiger partial charge is 0.282 e. The van der Waals surface area contributed by atoms with E-state index in [0.29, 0.717) is 43.9 Å². The first kappa shape index (κ1) is 21.7. The van der Waals surface area contributed by atoms with Crippen LogP contribution in [0.2, 0.25) is 0 Å². The van der Waals surface area contributed by atoms with Gasteiger partial charge in [-0.05, 0) is 54.7 Å². The fourth-order valence-electron chi connectivity index (χ4n) is 4.44. The number of nitro groups is 1. The number of amides is 2. The second-order valence-electron chi connectivity index (χ2n) is 8.26. The van der Waals surface area contributed by atoms with Crippen molar-refractivity contribution >= 4 is 23.2 Å². The lowest BCUT2D eigenvalue weighted by molar-refractivity contribution is -0.385. The predicted molar refractivity (Wildman–Crippen MR) is 117 cm³/mol. The molecule has 2 aliphatic rings. The summed E-state index contributed by atoms with van der Waals surface area (Å²) in [4.78, 5) is 39.2. The number of fused-ring (bicyclic) bond motifs is 1. The number of hydrogen-bond acceptors (Lipinski definition) is 5. The third-order valence-corrected chi connectivity index (χ3v) is 6.13. The zero-order valence-corrected chi connectivity index (χ0v) is 17.8. The average molecular weight is 440 g/mol. The lowest BCUT2D eigenvalue weighted by atomic mass is 9.98. The minimum absolute atomic E-state index is 0.0558. The highest BCUT2D eigenvalue weighted by Crippen LogP contribution is 2.32. The Morgan fingerprint density at radius 3 is 2.53 bits per heavy atom. The number of likely N-dealkylation sites (tertiary alicyclic amines) is 1. The minimum Gasteiger partial charge on any atom is -0.378 e. The second-order valence-corrected chi connectivity index (χ2v) is 8.26. The van der Waals surface area contributed by atoms with Crippen molar-refractivity contribution in [2.75, 3.05) is 25.0 Å². The molecule has 2 heterocycles. The Bertz CT molecular complexity index is 1070. The van der Waals surface area contributed by atoms with Gasteiger partial charge in [-0.15, -0.1) is 0 Å². The average Bonchev–Trinajstić information content (AvgIpc) is 3.23. The van der Waals surface area contributed by atoms with Gasteiger partial charge in [0.25, 0.3) is 11.6 Å². The van der Waals surface area contributed by atoms with Crippen LogP contribution in [0.5, 0.6) is 0 Å². The van der Waals surface area contributed by atoms with Crippen LogP contribution in [-0.2, 0) is 11.3 Å². The molecule has 2 aromatic rings. The highest BCUT2D eigenvalue weighted by atomic mass is 19.1. The van der Waals surface area contributed by atoms with Crippen LogP contribution in [0.1, 0.15) is 53.7 Å². The van der Waals surface area contributed by atoms with E-state index in [4.69, 9.17) is 0 Å². The molecule has 0 bridgehead atoms. The molecule has 0 radical (unpaired) electrons. The molecule has 1 atom stereocenters. The number of nitro benzene ring substituents is 1. The first-order valence-electron chi connectivity index (χ1n) is 10.7. The number of anilines is 1. The van der Waals surface area contributed by atoms with Crippen LogP contribution in [0, 0.1) is 15.9 Å². The van der Waals surface area contributed by atoms with E-state index in [-0.39, 0.29) is 34.9 Å². The zero-order chi connectivity index (χ0) is 22.8. The van der Waals surface area contributed by atoms with Gasteiger partial charge in [0.1, 0.15) is 11.4 Å². The molecule has 1 saturated heterocycles. The number of benzene rings is 2. The molecule has 0 aromatic heterocycles. The van der Waals surface area contributed by atoms with Gasteiger partial charge in [-0.25, -0.2) is 4.39 Å². The third-order valence-electron chi connectivity index (χ3n) is 6.13. The van der Waals surface area contributed by atoms with Crippen molar-refractivity contribution < 1.29 is 18.9 Å². The number of carbonyl (C=O) groups is 2. The number of halogens is 1. The zero-order valence-electron chi connectivity index (χ0n) is 17.8. The molecular weight excluding hydrogens is 415 g/mol. The number of nitrogens with one attached hydrogen (secondary N) is 1. The van der Waals surface area contributed by atoms with E-state index in [2.05, 4.69) is 5.32 Å². The van der Waals surface area contributed by atoms with E-state index in [1.807, 2.05) is 0 Å². The summed E-state index contributed by atoms with van der Waals surface area (Å²) in [5, 5.41) is 14.9. The van der Waals surface area contributed by atoms with Crippen LogP contribution in [-0.4, -0.2) is 46.2 Å². The SMILES string of the molecule is CC(=O)N1CCC(Nc2ccc([N+](=O)[O-])c(C(=O)N3CCCC3)c2)c2ccc(F)cc2C1. The van der Waals surface area contributed by atoms with Crippen molar-refractivity contribution in [2.24, 2.45) is 0 Å². The van der Waals surface area contributed by atoms with Crippen molar-refractivity contribution in [1.29, 1.82) is 0 Å². The molecule has 168 valence electrons. The Labute approximate surface area is 185 Å². The predicted octanol–water partition coefficient (Wildman–Crippen LogP) is 3.88. The topological polar surface area (TPSA) is 95.8 Å². The molecule has 1 unspecified atom stereocenters. The van der Waals surface area contributed by atoms with Crippen LogP contribution in [0.15, 0.2) is 36.4 Å². The van der Waals surface area contributed by atoms with Crippen molar-refractivity contribution in [3.8, 4) is 0 Å². The van der Waals surface area contributed by atoms with E-state index >= 15 is 0 Å². The highest BCUT2D eigenvalue weighted by Gasteiger charge is 2.28. The van der Waals surface area contributed by atoms with Gasteiger partial charge in [0.15, 0.2) is 0 Å². The number of nitrogens with zero attached hydrogens (tertiary/aromatic N) is 3. The molecule has 0 saturated carbocycles. The molecule has 8 nitrogen and oxygen atoms in total. The molecule has 0 aliphatic carbocycles. The molecule has 2 aromatic carbocycles. The van der Waals surface area contributed by atoms with E-state index < -0.39 is 4.92 Å². The first-order chi connectivity index (χ1) is 15.3. The van der Waals surface area contributed by atoms with Gasteiger partial charge < -0.3 is 15.1 Å². The van der Waals surface area contributed by atoms with Gasteiger partial charge in [-0.1, -0.05) is 6.07 Å². The van der Waals surface area contributed by atoms with Crippen LogP contribution in [0.4, 0.5) is 15.8 Å². The lowest BCUT2D eigenvalue weighted by Gasteiger charge is -2.21. The monoisotopic (exact) mass is 440 g/mol. The maximum atomic E-state index is 13.9. The van der Waals surface area contributed by atoms with Crippen LogP contribution >= 0.6 is 0 Å². The Hall–Kier alpha value is -3.49. The van der Waals surface area contributed by atoms with Crippen molar-refractivity contribution in [1.82, 2.24) is 9.80 Å². The number of hydrogen-bond donors (Lipinski definition) is 1. The summed E-state index contributed by atoms with van der Waals surface area (Å²) in [6, 6.07) is 8.72. The molecule has 9 heteroatoms. The molecule has 1 fully saturated rings. The summed E-state index contributed by atoms with van der Waals surface area (Å²) < 4.78 is 13.9. The largest absolute Gasteiger partial charge is 0.378 e.